The van der Waals surface area contributed by atoms with Gasteiger partial charge in [0.2, 0.25) is 5.79 Å². The lowest BCUT2D eigenvalue weighted by molar-refractivity contribution is -0.346. The monoisotopic (exact) mass is 550 g/mol. The molecule has 1 fully saturated rings. The predicted octanol–water partition coefficient (Wildman–Crippen LogP) is 1.85. The van der Waals surface area contributed by atoms with E-state index >= 15 is 0 Å². The highest BCUT2D eigenvalue weighted by atomic mass is 28.4. The van der Waals surface area contributed by atoms with Crippen molar-refractivity contribution in [3.8, 4) is 0 Å². The normalized spacial score (nSPS) is 29.4. The fourth-order valence-electron chi connectivity index (χ4n) is 3.56. The molecule has 2 heterocycles. The van der Waals surface area contributed by atoms with Gasteiger partial charge < -0.3 is 33.3 Å². The molecule has 0 spiro atoms. The summed E-state index contributed by atoms with van der Waals surface area (Å²) in [4.78, 5) is 26.5. The first-order chi connectivity index (χ1) is 15.4. The third-order valence-corrected chi connectivity index (χ3v) is 12.3. The Kier molecular flexibility index (Phi) is 8.14. The molecule has 0 radical (unpaired) electrons. The number of H-pyrrole nitrogens is 1. The maximum atomic E-state index is 12.7. The summed E-state index contributed by atoms with van der Waals surface area (Å²) in [6.07, 6.45) is -3.91. The van der Waals surface area contributed by atoms with Gasteiger partial charge in [0.15, 0.2) is 43.6 Å². The van der Waals surface area contributed by atoms with Crippen molar-refractivity contribution >= 4 is 25.0 Å². The molecule has 5 atom stereocenters. The van der Waals surface area contributed by atoms with Crippen molar-refractivity contribution in [3.63, 3.8) is 0 Å². The number of rotatable bonds is 8. The van der Waals surface area contributed by atoms with E-state index in [1.807, 2.05) is 33.9 Å². The largest absolute Gasteiger partial charge is 0.390 e. The van der Waals surface area contributed by atoms with Gasteiger partial charge in [0, 0.05) is 12.3 Å². The van der Waals surface area contributed by atoms with Crippen molar-refractivity contribution in [1.29, 1.82) is 0 Å². The van der Waals surface area contributed by atoms with E-state index in [1.54, 1.807) is 39.3 Å². The van der Waals surface area contributed by atoms with Crippen molar-refractivity contribution in [2.24, 2.45) is 0 Å². The highest BCUT2D eigenvalue weighted by molar-refractivity contribution is 6.74. The van der Waals surface area contributed by atoms with Crippen LogP contribution < -0.4 is 11.2 Å². The number of aromatic nitrogens is 2. The Morgan fingerprint density at radius 1 is 1.00 bits per heavy atom. The Labute approximate surface area is 209 Å². The van der Waals surface area contributed by atoms with Crippen LogP contribution in [0.1, 0.15) is 27.0 Å². The number of nitrogens with zero attached hydrogens (tertiary/aromatic N) is 1. The summed E-state index contributed by atoms with van der Waals surface area (Å²) < 4.78 is 25.2. The van der Waals surface area contributed by atoms with Gasteiger partial charge in [-0.1, -0.05) is 20.8 Å². The lowest BCUT2D eigenvalue weighted by Gasteiger charge is -2.47. The van der Waals surface area contributed by atoms with Gasteiger partial charge in [0.1, 0.15) is 0 Å². The summed E-state index contributed by atoms with van der Waals surface area (Å²) >= 11 is 0. The predicted molar refractivity (Wildman–Crippen MR) is 138 cm³/mol. The van der Waals surface area contributed by atoms with Crippen molar-refractivity contribution in [3.05, 3.63) is 33.1 Å². The Balaban J connectivity index is 2.75. The molecule has 1 aliphatic rings. The minimum Gasteiger partial charge on any atom is -0.390 e. The summed E-state index contributed by atoms with van der Waals surface area (Å²) in [6.45, 7) is 20.5. The van der Waals surface area contributed by atoms with Gasteiger partial charge in [-0.2, -0.15) is 0 Å². The number of hydrogen-bond donors (Lipinski definition) is 4. The van der Waals surface area contributed by atoms with Gasteiger partial charge >= 0.3 is 5.69 Å². The van der Waals surface area contributed by atoms with E-state index in [9.17, 15) is 24.9 Å². The van der Waals surface area contributed by atoms with Crippen LogP contribution in [0.5, 0.6) is 0 Å². The molecule has 1 unspecified atom stereocenters. The van der Waals surface area contributed by atoms with E-state index in [0.29, 0.717) is 0 Å². The first-order valence-electron chi connectivity index (χ1n) is 11.6. The lowest BCUT2D eigenvalue weighted by Crippen LogP contribution is -2.68. The van der Waals surface area contributed by atoms with Crippen LogP contribution in [-0.2, 0) is 18.0 Å². The van der Waals surface area contributed by atoms with Crippen LogP contribution in [0.25, 0.3) is 0 Å². The molecular formula is C21H42N2O9Si3. The minimum absolute atomic E-state index is 0.287. The molecule has 1 aromatic heterocycles. The van der Waals surface area contributed by atoms with E-state index in [1.165, 1.54) is 0 Å². The van der Waals surface area contributed by atoms with Gasteiger partial charge in [-0.15, -0.1) is 0 Å². The van der Waals surface area contributed by atoms with E-state index in [2.05, 4.69) is 4.98 Å². The molecule has 0 aliphatic carbocycles. The first kappa shape index (κ1) is 30.3. The quantitative estimate of drug-likeness (QED) is 0.281. The minimum atomic E-state index is -2.66. The van der Waals surface area contributed by atoms with Crippen molar-refractivity contribution in [1.82, 2.24) is 9.55 Å². The average Bonchev–Trinajstić information content (AvgIpc) is 2.78. The summed E-state index contributed by atoms with van der Waals surface area (Å²) in [5.41, 5.74) is -1.54. The summed E-state index contributed by atoms with van der Waals surface area (Å²) in [6, 6.07) is 1.08. The number of aliphatic hydroxyl groups excluding tert-OH is 1. The fraction of sp³-hybridized carbons (Fsp3) is 0.810. The molecule has 2 rings (SSSR count). The number of aliphatic hydroxyl groups is 3. The van der Waals surface area contributed by atoms with Crippen LogP contribution in [0.3, 0.4) is 0 Å². The molecule has 1 aromatic rings. The van der Waals surface area contributed by atoms with Crippen molar-refractivity contribution in [2.75, 3.05) is 0 Å². The van der Waals surface area contributed by atoms with Gasteiger partial charge in [-0.05, 0) is 57.4 Å². The SMILES string of the molecule is CC(C)(C)[Si](C)(C)OC(O)[C@H]1O[C@@H](n2ccc(=O)[nH]c2=O)[C@@](O)(O[Si](C)(C)C)[C@@]1(O)O[Si](C)(C)C. The number of hydrogen-bond acceptors (Lipinski definition) is 9. The molecule has 35 heavy (non-hydrogen) atoms. The first-order valence-corrected chi connectivity index (χ1v) is 21.3. The molecule has 4 N–H and O–H groups in total. The van der Waals surface area contributed by atoms with Crippen LogP contribution in [0.2, 0.25) is 57.4 Å². The van der Waals surface area contributed by atoms with E-state index in [0.717, 1.165) is 16.8 Å². The lowest BCUT2D eigenvalue weighted by atomic mass is 10.0. The van der Waals surface area contributed by atoms with E-state index < -0.39 is 66.4 Å². The van der Waals surface area contributed by atoms with Crippen LogP contribution in [0, 0.1) is 0 Å². The molecule has 0 aromatic carbocycles. The molecule has 11 nitrogen and oxygen atoms in total. The third-order valence-electron chi connectivity index (χ3n) is 6.02. The second-order valence-electron chi connectivity index (χ2n) is 12.5. The maximum absolute atomic E-state index is 12.7. The van der Waals surface area contributed by atoms with Crippen LogP contribution in [-0.4, -0.2) is 73.8 Å². The standard InChI is InChI=1S/C21H42N2O9Si3/c1-19(2,3)35(10,11)30-16(25)15-20(27,31-33(4,5)6)21(28,32-34(7,8)9)17(29-15)23-13-12-14(24)22-18(23)26/h12-13,15-17,25,27-28H,1-11H3,(H,22,24,26)/t15-,16?,17-,20+,21-/m1/s1. The average molecular weight is 551 g/mol. The Bertz CT molecular complexity index is 1020. The zero-order valence-corrected chi connectivity index (χ0v) is 25.6. The second-order valence-corrected chi connectivity index (χ2v) is 26.1. The fourth-order valence-corrected chi connectivity index (χ4v) is 7.02. The van der Waals surface area contributed by atoms with Crippen molar-refractivity contribution < 1.29 is 33.3 Å². The maximum Gasteiger partial charge on any atom is 0.330 e. The topological polar surface area (TPSA) is 152 Å². The van der Waals surface area contributed by atoms with Crippen LogP contribution >= 0.6 is 0 Å². The molecule has 14 heteroatoms. The van der Waals surface area contributed by atoms with Gasteiger partial charge in [-0.25, -0.2) is 4.79 Å². The highest BCUT2D eigenvalue weighted by Gasteiger charge is 2.73. The number of nitrogens with one attached hydrogen (secondary N) is 1. The molecule has 0 amide bonds. The molecule has 1 aliphatic heterocycles. The Hall–Kier alpha value is -0.949. The number of ether oxygens (including phenoxy) is 1. The Morgan fingerprint density at radius 3 is 1.91 bits per heavy atom. The van der Waals surface area contributed by atoms with Gasteiger partial charge in [-0.3, -0.25) is 14.3 Å². The summed E-state index contributed by atoms with van der Waals surface area (Å²) in [5, 5.41) is 35.0. The number of aromatic amines is 1. The van der Waals surface area contributed by atoms with E-state index in [4.69, 9.17) is 18.0 Å². The second kappa shape index (κ2) is 9.41. The van der Waals surface area contributed by atoms with Gasteiger partial charge in [0.05, 0.1) is 0 Å². The van der Waals surface area contributed by atoms with Gasteiger partial charge in [0.25, 0.3) is 11.3 Å². The zero-order valence-electron chi connectivity index (χ0n) is 22.6. The highest BCUT2D eigenvalue weighted by Crippen LogP contribution is 2.51. The molecule has 1 saturated heterocycles. The molecule has 202 valence electrons. The van der Waals surface area contributed by atoms with Crippen LogP contribution in [0.15, 0.2) is 21.9 Å². The molecule has 0 bridgehead atoms. The summed E-state index contributed by atoms with van der Waals surface area (Å²) in [7, 11) is -7.89. The van der Waals surface area contributed by atoms with E-state index in [-0.39, 0.29) is 5.04 Å². The molecular weight excluding hydrogens is 508 g/mol. The Morgan fingerprint density at radius 2 is 1.49 bits per heavy atom. The smallest absolute Gasteiger partial charge is 0.330 e. The third kappa shape index (κ3) is 6.31. The summed E-state index contributed by atoms with van der Waals surface area (Å²) in [5.74, 6) is -5.23. The zero-order chi connectivity index (χ0) is 27.4. The van der Waals surface area contributed by atoms with Crippen LogP contribution in [0.4, 0.5) is 0 Å². The molecule has 0 saturated carbocycles. The van der Waals surface area contributed by atoms with Crippen molar-refractivity contribution in [2.45, 2.75) is 108 Å².